The van der Waals surface area contributed by atoms with Crippen molar-refractivity contribution >= 4 is 33.8 Å². The molecule has 3 rings (SSSR count). The van der Waals surface area contributed by atoms with Gasteiger partial charge in [0.1, 0.15) is 5.82 Å². The molecular formula is C13H10IN3O. The minimum atomic E-state index is 0.572. The largest absolute Gasteiger partial charge is 0.481 e. The highest BCUT2D eigenvalue weighted by Gasteiger charge is 2.07. The lowest BCUT2D eigenvalue weighted by molar-refractivity contribution is 0.399. The van der Waals surface area contributed by atoms with Crippen molar-refractivity contribution in [2.45, 2.75) is 0 Å². The molecule has 0 aliphatic carbocycles. The number of hydrogen-bond donors (Lipinski definition) is 1. The fourth-order valence-electron chi connectivity index (χ4n) is 1.76. The molecule has 0 saturated heterocycles. The number of halogens is 1. The van der Waals surface area contributed by atoms with Crippen LogP contribution in [0.25, 0.3) is 22.6 Å². The van der Waals surface area contributed by atoms with E-state index in [-0.39, 0.29) is 0 Å². The van der Waals surface area contributed by atoms with Crippen molar-refractivity contribution in [2.24, 2.45) is 0 Å². The van der Waals surface area contributed by atoms with Crippen LogP contribution < -0.4 is 4.74 Å². The first-order valence-corrected chi connectivity index (χ1v) is 6.51. The van der Waals surface area contributed by atoms with Crippen molar-refractivity contribution in [3.8, 4) is 17.3 Å². The van der Waals surface area contributed by atoms with E-state index >= 15 is 0 Å². The predicted molar refractivity (Wildman–Crippen MR) is 78.6 cm³/mol. The number of methoxy groups -OCH3 is 1. The lowest BCUT2D eigenvalue weighted by Gasteiger charge is -1.96. The van der Waals surface area contributed by atoms with Crippen LogP contribution in [0.1, 0.15) is 0 Å². The van der Waals surface area contributed by atoms with Crippen LogP contribution in [0.5, 0.6) is 5.88 Å². The number of nitrogens with one attached hydrogen (secondary N) is 1. The summed E-state index contributed by atoms with van der Waals surface area (Å²) in [5.74, 6) is 1.40. The van der Waals surface area contributed by atoms with Crippen LogP contribution >= 0.6 is 22.6 Å². The van der Waals surface area contributed by atoms with E-state index in [1.54, 1.807) is 7.11 Å². The van der Waals surface area contributed by atoms with Crippen molar-refractivity contribution < 1.29 is 4.74 Å². The Bertz CT molecular complexity index is 708. The van der Waals surface area contributed by atoms with Crippen LogP contribution in [0.2, 0.25) is 0 Å². The van der Waals surface area contributed by atoms with Gasteiger partial charge < -0.3 is 9.72 Å². The summed E-state index contributed by atoms with van der Waals surface area (Å²) in [4.78, 5) is 12.0. The summed E-state index contributed by atoms with van der Waals surface area (Å²) in [6.45, 7) is 0. The van der Waals surface area contributed by atoms with Crippen molar-refractivity contribution in [1.29, 1.82) is 0 Å². The van der Waals surface area contributed by atoms with E-state index in [0.29, 0.717) is 11.5 Å². The Labute approximate surface area is 118 Å². The molecular weight excluding hydrogens is 341 g/mol. The Morgan fingerprint density at radius 2 is 2.06 bits per heavy atom. The lowest BCUT2D eigenvalue weighted by Crippen LogP contribution is -1.86. The molecule has 0 fully saturated rings. The minimum absolute atomic E-state index is 0.572. The zero-order chi connectivity index (χ0) is 12.5. The molecule has 0 aliphatic rings. The average Bonchev–Trinajstić information content (AvgIpc) is 2.81. The first-order chi connectivity index (χ1) is 8.76. The number of fused-ring (bicyclic) bond motifs is 1. The number of hydrogen-bond acceptors (Lipinski definition) is 3. The molecule has 1 N–H and O–H groups in total. The van der Waals surface area contributed by atoms with E-state index < -0.39 is 0 Å². The van der Waals surface area contributed by atoms with E-state index in [0.717, 1.165) is 16.9 Å². The van der Waals surface area contributed by atoms with Crippen molar-refractivity contribution in [2.75, 3.05) is 7.11 Å². The smallest absolute Gasteiger partial charge is 0.215 e. The summed E-state index contributed by atoms with van der Waals surface area (Å²) in [6, 6.07) is 11.9. The van der Waals surface area contributed by atoms with Crippen LogP contribution in [0.4, 0.5) is 0 Å². The number of aromatic nitrogens is 3. The number of nitrogens with zero attached hydrogens (tertiary/aromatic N) is 2. The van der Waals surface area contributed by atoms with Gasteiger partial charge in [-0.3, -0.25) is 0 Å². The van der Waals surface area contributed by atoms with Gasteiger partial charge in [0.2, 0.25) is 5.88 Å². The monoisotopic (exact) mass is 351 g/mol. The van der Waals surface area contributed by atoms with E-state index in [9.17, 15) is 0 Å². The Balaban J connectivity index is 2.13. The SMILES string of the molecule is COc1ccc2[nH]c(-c3cccc(I)c3)nc2n1. The molecule has 5 heteroatoms. The Morgan fingerprint density at radius 1 is 1.17 bits per heavy atom. The Hall–Kier alpha value is -1.63. The molecule has 18 heavy (non-hydrogen) atoms. The quantitative estimate of drug-likeness (QED) is 0.722. The zero-order valence-corrected chi connectivity index (χ0v) is 11.8. The number of ether oxygens (including phenoxy) is 1. The standard InChI is InChI=1S/C13H10IN3O/c1-18-11-6-5-10-13(16-11)17-12(15-10)8-3-2-4-9(14)7-8/h2-7H,1H3,(H,15,16,17). The third-order valence-electron chi connectivity index (χ3n) is 2.63. The molecule has 3 aromatic rings. The van der Waals surface area contributed by atoms with Crippen LogP contribution in [0, 0.1) is 3.57 Å². The maximum absolute atomic E-state index is 5.09. The van der Waals surface area contributed by atoms with Crippen LogP contribution in [0.3, 0.4) is 0 Å². The zero-order valence-electron chi connectivity index (χ0n) is 9.64. The molecule has 2 heterocycles. The molecule has 0 unspecified atom stereocenters. The summed E-state index contributed by atoms with van der Waals surface area (Å²) in [6.07, 6.45) is 0. The number of imidazole rings is 1. The minimum Gasteiger partial charge on any atom is -0.481 e. The number of benzene rings is 1. The molecule has 0 saturated carbocycles. The summed E-state index contributed by atoms with van der Waals surface area (Å²) in [7, 11) is 1.60. The molecule has 0 atom stereocenters. The molecule has 1 aromatic carbocycles. The number of rotatable bonds is 2. The third kappa shape index (κ3) is 2.05. The fraction of sp³-hybridized carbons (Fsp3) is 0.0769. The first kappa shape index (κ1) is 11.5. The lowest BCUT2D eigenvalue weighted by atomic mass is 10.2. The van der Waals surface area contributed by atoms with Gasteiger partial charge in [0.15, 0.2) is 5.65 Å². The fourth-order valence-corrected chi connectivity index (χ4v) is 2.30. The molecule has 0 amide bonds. The molecule has 90 valence electrons. The summed E-state index contributed by atoms with van der Waals surface area (Å²) in [5, 5.41) is 0. The van der Waals surface area contributed by atoms with Gasteiger partial charge in [-0.25, -0.2) is 4.98 Å². The van der Waals surface area contributed by atoms with Gasteiger partial charge in [0.25, 0.3) is 0 Å². The molecule has 0 aliphatic heterocycles. The van der Waals surface area contributed by atoms with Crippen LogP contribution in [-0.2, 0) is 0 Å². The second-order valence-corrected chi connectivity index (χ2v) is 5.07. The molecule has 0 radical (unpaired) electrons. The van der Waals surface area contributed by atoms with Crippen LogP contribution in [-0.4, -0.2) is 22.1 Å². The summed E-state index contributed by atoms with van der Waals surface area (Å²) < 4.78 is 6.27. The summed E-state index contributed by atoms with van der Waals surface area (Å²) in [5.41, 5.74) is 2.63. The number of aromatic amines is 1. The molecule has 2 aromatic heterocycles. The highest BCUT2D eigenvalue weighted by atomic mass is 127. The van der Waals surface area contributed by atoms with E-state index in [2.05, 4.69) is 43.6 Å². The third-order valence-corrected chi connectivity index (χ3v) is 3.30. The molecule has 0 spiro atoms. The molecule has 0 bridgehead atoms. The van der Waals surface area contributed by atoms with E-state index in [1.807, 2.05) is 30.3 Å². The van der Waals surface area contributed by atoms with Gasteiger partial charge in [-0.05, 0) is 40.8 Å². The van der Waals surface area contributed by atoms with Crippen molar-refractivity contribution in [3.63, 3.8) is 0 Å². The average molecular weight is 351 g/mol. The Morgan fingerprint density at radius 3 is 2.83 bits per heavy atom. The predicted octanol–water partition coefficient (Wildman–Crippen LogP) is 3.24. The second kappa shape index (κ2) is 4.56. The van der Waals surface area contributed by atoms with Gasteiger partial charge in [-0.1, -0.05) is 12.1 Å². The van der Waals surface area contributed by atoms with Gasteiger partial charge in [0, 0.05) is 15.2 Å². The van der Waals surface area contributed by atoms with Gasteiger partial charge in [-0.15, -0.1) is 0 Å². The maximum atomic E-state index is 5.09. The number of H-pyrrole nitrogens is 1. The van der Waals surface area contributed by atoms with Gasteiger partial charge in [0.05, 0.1) is 12.6 Å². The summed E-state index contributed by atoms with van der Waals surface area (Å²) >= 11 is 2.28. The first-order valence-electron chi connectivity index (χ1n) is 5.43. The maximum Gasteiger partial charge on any atom is 0.215 e. The number of pyridine rings is 1. The van der Waals surface area contributed by atoms with Crippen LogP contribution in [0.15, 0.2) is 36.4 Å². The second-order valence-electron chi connectivity index (χ2n) is 3.82. The van der Waals surface area contributed by atoms with Gasteiger partial charge in [-0.2, -0.15) is 4.98 Å². The van der Waals surface area contributed by atoms with Crippen molar-refractivity contribution in [1.82, 2.24) is 15.0 Å². The molecule has 4 nitrogen and oxygen atoms in total. The van der Waals surface area contributed by atoms with Crippen molar-refractivity contribution in [3.05, 3.63) is 40.0 Å². The highest BCUT2D eigenvalue weighted by molar-refractivity contribution is 14.1. The normalized spacial score (nSPS) is 10.8. The Kier molecular flexibility index (Phi) is 2.91. The topological polar surface area (TPSA) is 50.8 Å². The highest BCUT2D eigenvalue weighted by Crippen LogP contribution is 2.22. The van der Waals surface area contributed by atoms with Gasteiger partial charge >= 0.3 is 0 Å². The van der Waals surface area contributed by atoms with E-state index in [1.165, 1.54) is 3.57 Å². The van der Waals surface area contributed by atoms with E-state index in [4.69, 9.17) is 4.74 Å².